The maximum absolute atomic E-state index is 5.55. The van der Waals surface area contributed by atoms with Gasteiger partial charge in [-0.1, -0.05) is 6.92 Å². The lowest BCUT2D eigenvalue weighted by molar-refractivity contribution is 0.528. The Bertz CT molecular complexity index is 1050. The van der Waals surface area contributed by atoms with Crippen molar-refractivity contribution in [3.05, 3.63) is 22.2 Å². The van der Waals surface area contributed by atoms with Gasteiger partial charge in [-0.25, -0.2) is 4.98 Å². The van der Waals surface area contributed by atoms with Gasteiger partial charge in [-0.3, -0.25) is 14.3 Å². The molecule has 0 spiro atoms. The molecule has 26 heavy (non-hydrogen) atoms. The highest BCUT2D eigenvalue weighted by molar-refractivity contribution is 7.71. The number of pyridine rings is 1. The molecule has 0 radical (unpaired) electrons. The summed E-state index contributed by atoms with van der Waals surface area (Å²) in [5, 5.41) is 13.7. The van der Waals surface area contributed by atoms with Crippen molar-refractivity contribution in [1.82, 2.24) is 29.5 Å². The summed E-state index contributed by atoms with van der Waals surface area (Å²) in [5.41, 5.74) is 4.47. The van der Waals surface area contributed by atoms with Crippen LogP contribution in [0.25, 0.3) is 22.4 Å². The predicted octanol–water partition coefficient (Wildman–Crippen LogP) is 4.62. The quantitative estimate of drug-likeness (QED) is 0.668. The first kappa shape index (κ1) is 16.2. The highest BCUT2D eigenvalue weighted by Gasteiger charge is 2.33. The van der Waals surface area contributed by atoms with Gasteiger partial charge >= 0.3 is 0 Å². The topological polar surface area (TPSA) is 64.3 Å². The van der Waals surface area contributed by atoms with E-state index in [2.05, 4.69) is 34.7 Å². The molecule has 2 aliphatic rings. The summed E-state index contributed by atoms with van der Waals surface area (Å²) in [6.45, 7) is 4.38. The van der Waals surface area contributed by atoms with Crippen LogP contribution in [0.15, 0.2) is 6.07 Å². The minimum atomic E-state index is 0.296. The lowest BCUT2D eigenvalue weighted by Gasteiger charge is -2.15. The van der Waals surface area contributed by atoms with Gasteiger partial charge in [-0.05, 0) is 57.3 Å². The summed E-state index contributed by atoms with van der Waals surface area (Å²) in [6.07, 6.45) is 5.89. The second-order valence-electron chi connectivity index (χ2n) is 7.83. The van der Waals surface area contributed by atoms with E-state index in [1.54, 1.807) is 0 Å². The van der Waals surface area contributed by atoms with Crippen molar-refractivity contribution in [1.29, 1.82) is 0 Å². The Kier molecular flexibility index (Phi) is 3.57. The van der Waals surface area contributed by atoms with Gasteiger partial charge in [-0.2, -0.15) is 10.2 Å². The average Bonchev–Trinajstić information content (AvgIpc) is 3.56. The second-order valence-corrected chi connectivity index (χ2v) is 8.22. The number of fused-ring (bicyclic) bond motifs is 1. The van der Waals surface area contributed by atoms with Crippen LogP contribution in [0.3, 0.4) is 0 Å². The fourth-order valence-electron chi connectivity index (χ4n) is 3.79. The number of aromatic nitrogens is 6. The van der Waals surface area contributed by atoms with Crippen LogP contribution in [0.5, 0.6) is 0 Å². The van der Waals surface area contributed by atoms with Crippen molar-refractivity contribution in [2.75, 3.05) is 0 Å². The molecule has 0 aliphatic heterocycles. The van der Waals surface area contributed by atoms with Gasteiger partial charge in [0.25, 0.3) is 0 Å². The Labute approximate surface area is 157 Å². The third kappa shape index (κ3) is 2.44. The third-order valence-electron chi connectivity index (χ3n) is 5.78. The second kappa shape index (κ2) is 5.74. The summed E-state index contributed by atoms with van der Waals surface area (Å²) in [7, 11) is 2.01. The van der Waals surface area contributed by atoms with E-state index in [0.717, 1.165) is 28.8 Å². The molecular formula is C19H24N6S. The highest BCUT2D eigenvalue weighted by Crippen LogP contribution is 2.47. The van der Waals surface area contributed by atoms with Crippen LogP contribution in [0.4, 0.5) is 0 Å². The molecule has 3 heterocycles. The molecule has 3 aromatic heterocycles. The Morgan fingerprint density at radius 1 is 1.27 bits per heavy atom. The number of aryl methyl sites for hydroxylation is 1. The summed E-state index contributed by atoms with van der Waals surface area (Å²) in [4.78, 5) is 4.98. The minimum Gasteiger partial charge on any atom is -0.297 e. The zero-order chi connectivity index (χ0) is 18.0. The minimum absolute atomic E-state index is 0.296. The number of nitrogens with zero attached hydrogens (tertiary/aromatic N) is 5. The standard InChI is InChI=1S/C19H24N6S/c1-4-10(2)25-17(21-22-19(25)26)13-9-14(11-5-6-11)20-18-15(13)16(12-7-8-12)23-24(18)3/h9-12H,4-8H2,1-3H3,(H,22,26). The molecule has 136 valence electrons. The first-order valence-electron chi connectivity index (χ1n) is 9.63. The predicted molar refractivity (Wildman–Crippen MR) is 104 cm³/mol. The van der Waals surface area contributed by atoms with Crippen LogP contribution in [0.2, 0.25) is 0 Å². The summed E-state index contributed by atoms with van der Waals surface area (Å²) >= 11 is 5.55. The van der Waals surface area contributed by atoms with Gasteiger partial charge < -0.3 is 0 Å². The van der Waals surface area contributed by atoms with Crippen LogP contribution in [-0.4, -0.2) is 29.5 Å². The largest absolute Gasteiger partial charge is 0.297 e. The summed E-state index contributed by atoms with van der Waals surface area (Å²) in [5.74, 6) is 2.06. The van der Waals surface area contributed by atoms with E-state index < -0.39 is 0 Å². The molecule has 2 saturated carbocycles. The highest BCUT2D eigenvalue weighted by atomic mass is 32.1. The van der Waals surface area contributed by atoms with Crippen molar-refractivity contribution in [3.8, 4) is 11.4 Å². The Morgan fingerprint density at radius 2 is 2.00 bits per heavy atom. The molecular weight excluding hydrogens is 344 g/mol. The number of rotatable bonds is 5. The van der Waals surface area contributed by atoms with Gasteiger partial charge in [0.05, 0.1) is 11.1 Å². The van der Waals surface area contributed by atoms with Gasteiger partial charge in [0.15, 0.2) is 16.2 Å². The molecule has 2 fully saturated rings. The first-order valence-corrected chi connectivity index (χ1v) is 10.0. The first-order chi connectivity index (χ1) is 12.6. The molecule has 0 saturated heterocycles. The van der Waals surface area contributed by atoms with Gasteiger partial charge in [0, 0.05) is 36.2 Å². The summed E-state index contributed by atoms with van der Waals surface area (Å²) < 4.78 is 4.79. The SMILES string of the molecule is CCC(C)n1c(-c2cc(C3CC3)nc3c2c(C2CC2)nn3C)n[nH]c1=S. The van der Waals surface area contributed by atoms with Crippen molar-refractivity contribution in [2.45, 2.75) is 63.8 Å². The van der Waals surface area contributed by atoms with Crippen LogP contribution < -0.4 is 0 Å². The zero-order valence-electron chi connectivity index (χ0n) is 15.5. The molecule has 0 amide bonds. The summed E-state index contributed by atoms with van der Waals surface area (Å²) in [6, 6.07) is 2.54. The lowest BCUT2D eigenvalue weighted by atomic mass is 10.0. The van der Waals surface area contributed by atoms with Crippen LogP contribution in [0, 0.1) is 4.77 Å². The molecule has 7 heteroatoms. The Hall–Kier alpha value is -2.02. The van der Waals surface area contributed by atoms with E-state index in [-0.39, 0.29) is 0 Å². The molecule has 5 rings (SSSR count). The van der Waals surface area contributed by atoms with Crippen molar-refractivity contribution < 1.29 is 0 Å². The van der Waals surface area contributed by atoms with E-state index in [4.69, 9.17) is 22.3 Å². The molecule has 6 nitrogen and oxygen atoms in total. The number of hydrogen-bond acceptors (Lipinski definition) is 4. The zero-order valence-corrected chi connectivity index (χ0v) is 16.3. The Balaban J connectivity index is 1.83. The van der Waals surface area contributed by atoms with Crippen molar-refractivity contribution in [3.63, 3.8) is 0 Å². The van der Waals surface area contributed by atoms with Gasteiger partial charge in [-0.15, -0.1) is 0 Å². The van der Waals surface area contributed by atoms with E-state index >= 15 is 0 Å². The van der Waals surface area contributed by atoms with Crippen molar-refractivity contribution >= 4 is 23.3 Å². The molecule has 3 aromatic rings. The van der Waals surface area contributed by atoms with Crippen LogP contribution >= 0.6 is 12.2 Å². The van der Waals surface area contributed by atoms with Gasteiger partial charge in [0.2, 0.25) is 0 Å². The van der Waals surface area contributed by atoms with Crippen LogP contribution in [-0.2, 0) is 7.05 Å². The van der Waals surface area contributed by atoms with Crippen LogP contribution in [0.1, 0.15) is 75.2 Å². The lowest BCUT2D eigenvalue weighted by Crippen LogP contribution is -2.07. The molecule has 1 unspecified atom stereocenters. The number of H-pyrrole nitrogens is 1. The molecule has 2 aliphatic carbocycles. The maximum atomic E-state index is 5.55. The number of aromatic amines is 1. The van der Waals surface area contributed by atoms with Gasteiger partial charge in [0.1, 0.15) is 0 Å². The molecule has 1 N–H and O–H groups in total. The fourth-order valence-corrected chi connectivity index (χ4v) is 4.10. The molecule has 0 bridgehead atoms. The smallest absolute Gasteiger partial charge is 0.195 e. The fraction of sp³-hybridized carbons (Fsp3) is 0.579. The Morgan fingerprint density at radius 3 is 2.65 bits per heavy atom. The van der Waals surface area contributed by atoms with E-state index in [1.807, 2.05) is 11.7 Å². The van der Waals surface area contributed by atoms with E-state index in [1.165, 1.54) is 37.1 Å². The van der Waals surface area contributed by atoms with E-state index in [0.29, 0.717) is 22.6 Å². The monoisotopic (exact) mass is 368 g/mol. The van der Waals surface area contributed by atoms with Crippen molar-refractivity contribution in [2.24, 2.45) is 7.05 Å². The average molecular weight is 369 g/mol. The normalized spacial score (nSPS) is 18.6. The third-order valence-corrected chi connectivity index (χ3v) is 6.07. The number of hydrogen-bond donors (Lipinski definition) is 1. The maximum Gasteiger partial charge on any atom is 0.195 e. The molecule has 1 atom stereocenters. The molecule has 0 aromatic carbocycles. The number of nitrogens with one attached hydrogen (secondary N) is 1. The van der Waals surface area contributed by atoms with E-state index in [9.17, 15) is 0 Å².